The Balaban J connectivity index is 2.86. The minimum absolute atomic E-state index is 0.0597. The molecule has 1 rings (SSSR count). The van der Waals surface area contributed by atoms with Gasteiger partial charge in [0.1, 0.15) is 6.54 Å². The van der Waals surface area contributed by atoms with E-state index in [1.165, 1.54) is 17.4 Å². The van der Waals surface area contributed by atoms with E-state index >= 15 is 0 Å². The third-order valence-corrected chi connectivity index (χ3v) is 3.30. The number of carbonyl (C=O) groups excluding carboxylic acids is 2. The van der Waals surface area contributed by atoms with E-state index in [4.69, 9.17) is 0 Å². The Morgan fingerprint density at radius 1 is 1.14 bits per heavy atom. The van der Waals surface area contributed by atoms with E-state index < -0.39 is 0 Å². The van der Waals surface area contributed by atoms with Crippen LogP contribution in [0.25, 0.3) is 0 Å². The number of nitrogens with one attached hydrogen (secondary N) is 1. The number of hydrogen-bond donors (Lipinski definition) is 1. The van der Waals surface area contributed by atoms with Gasteiger partial charge in [0.15, 0.2) is 0 Å². The molecule has 1 N–H and O–H groups in total. The van der Waals surface area contributed by atoms with E-state index in [0.717, 1.165) is 12.1 Å². The first kappa shape index (κ1) is 17.2. The molecule has 1 aromatic carbocycles. The normalized spacial score (nSPS) is 11.1. The van der Waals surface area contributed by atoms with Crippen LogP contribution < -0.4 is 10.2 Å². The molecule has 0 bridgehead atoms. The van der Waals surface area contributed by atoms with Crippen molar-refractivity contribution >= 4 is 17.5 Å². The number of rotatable bonds is 5. The highest BCUT2D eigenvalue weighted by Crippen LogP contribution is 2.24. The molecule has 0 saturated carbocycles. The molecule has 4 nitrogen and oxygen atoms in total. The van der Waals surface area contributed by atoms with Crippen molar-refractivity contribution in [2.75, 3.05) is 18.0 Å². The molecule has 21 heavy (non-hydrogen) atoms. The van der Waals surface area contributed by atoms with Gasteiger partial charge in [-0.1, -0.05) is 39.8 Å². The molecule has 0 fully saturated rings. The van der Waals surface area contributed by atoms with Gasteiger partial charge in [-0.3, -0.25) is 9.59 Å². The van der Waals surface area contributed by atoms with Crippen LogP contribution in [0.15, 0.2) is 24.3 Å². The molecule has 116 valence electrons. The Hall–Kier alpha value is -1.84. The predicted octanol–water partition coefficient (Wildman–Crippen LogP) is 2.86. The highest BCUT2D eigenvalue weighted by atomic mass is 16.2. The molecule has 0 aliphatic heterocycles. The van der Waals surface area contributed by atoms with Crippen LogP contribution in [0.5, 0.6) is 0 Å². The highest BCUT2D eigenvalue weighted by molar-refractivity contribution is 5.97. The van der Waals surface area contributed by atoms with Gasteiger partial charge in [-0.15, -0.1) is 0 Å². The largest absolute Gasteiger partial charge is 0.355 e. The highest BCUT2D eigenvalue weighted by Gasteiger charge is 2.17. The average molecular weight is 290 g/mol. The number of amides is 2. The standard InChI is InChI=1S/C17H26N2O2/c1-6-11-18-16(21)12-19(13(2)20)15-9-7-14(8-10-15)17(3,4)5/h7-10H,6,11-12H2,1-5H3,(H,18,21). The van der Waals surface area contributed by atoms with Crippen molar-refractivity contribution in [1.82, 2.24) is 5.32 Å². The van der Waals surface area contributed by atoms with Gasteiger partial charge >= 0.3 is 0 Å². The van der Waals surface area contributed by atoms with E-state index in [2.05, 4.69) is 26.1 Å². The minimum atomic E-state index is -0.134. The molecule has 0 unspecified atom stereocenters. The summed E-state index contributed by atoms with van der Waals surface area (Å²) >= 11 is 0. The molecule has 0 spiro atoms. The SMILES string of the molecule is CCCNC(=O)CN(C(C)=O)c1ccc(C(C)(C)C)cc1. The van der Waals surface area contributed by atoms with E-state index in [9.17, 15) is 9.59 Å². The second kappa shape index (κ2) is 7.25. The van der Waals surface area contributed by atoms with Gasteiger partial charge in [-0.25, -0.2) is 0 Å². The Bertz CT molecular complexity index is 487. The van der Waals surface area contributed by atoms with E-state index in [1.807, 2.05) is 31.2 Å². The third-order valence-electron chi connectivity index (χ3n) is 3.30. The molecule has 4 heteroatoms. The number of anilines is 1. The van der Waals surface area contributed by atoms with Gasteiger partial charge in [0, 0.05) is 19.2 Å². The van der Waals surface area contributed by atoms with Gasteiger partial charge in [0.25, 0.3) is 0 Å². The zero-order valence-corrected chi connectivity index (χ0v) is 13.7. The predicted molar refractivity (Wildman–Crippen MR) is 86.5 cm³/mol. The first-order chi connectivity index (χ1) is 9.75. The summed E-state index contributed by atoms with van der Waals surface area (Å²) in [6.45, 7) is 10.6. The molecular formula is C17H26N2O2. The second-order valence-corrected chi connectivity index (χ2v) is 6.25. The average Bonchev–Trinajstić information content (AvgIpc) is 2.41. The van der Waals surface area contributed by atoms with Gasteiger partial charge in [0.2, 0.25) is 11.8 Å². The summed E-state index contributed by atoms with van der Waals surface area (Å²) in [6.07, 6.45) is 0.881. The van der Waals surface area contributed by atoms with E-state index in [1.54, 1.807) is 0 Å². The lowest BCUT2D eigenvalue weighted by molar-refractivity contribution is -0.123. The summed E-state index contributed by atoms with van der Waals surface area (Å²) in [7, 11) is 0. The van der Waals surface area contributed by atoms with Crippen molar-refractivity contribution in [1.29, 1.82) is 0 Å². The lowest BCUT2D eigenvalue weighted by Gasteiger charge is -2.23. The van der Waals surface area contributed by atoms with Crippen LogP contribution in [0.1, 0.15) is 46.6 Å². The van der Waals surface area contributed by atoms with Crippen LogP contribution in [-0.2, 0) is 15.0 Å². The lowest BCUT2D eigenvalue weighted by Crippen LogP contribution is -2.40. The van der Waals surface area contributed by atoms with Crippen molar-refractivity contribution in [3.05, 3.63) is 29.8 Å². The zero-order valence-electron chi connectivity index (χ0n) is 13.7. The molecule has 0 heterocycles. The topological polar surface area (TPSA) is 49.4 Å². The van der Waals surface area contributed by atoms with Crippen molar-refractivity contribution in [3.63, 3.8) is 0 Å². The molecule has 0 saturated heterocycles. The summed E-state index contributed by atoms with van der Waals surface area (Å²) in [6, 6.07) is 7.81. The molecular weight excluding hydrogens is 264 g/mol. The molecule has 0 radical (unpaired) electrons. The third kappa shape index (κ3) is 5.21. The maximum Gasteiger partial charge on any atom is 0.240 e. The van der Waals surface area contributed by atoms with Crippen molar-refractivity contribution < 1.29 is 9.59 Å². The van der Waals surface area contributed by atoms with Crippen LogP contribution in [0.4, 0.5) is 5.69 Å². The Morgan fingerprint density at radius 2 is 1.71 bits per heavy atom. The van der Waals surface area contributed by atoms with Crippen LogP contribution in [0, 0.1) is 0 Å². The summed E-state index contributed by atoms with van der Waals surface area (Å²) in [4.78, 5) is 25.1. The monoisotopic (exact) mass is 290 g/mol. The summed E-state index contributed by atoms with van der Waals surface area (Å²) in [5, 5.41) is 2.79. The van der Waals surface area contributed by atoms with Crippen LogP contribution in [0.3, 0.4) is 0 Å². The first-order valence-electron chi connectivity index (χ1n) is 7.41. The van der Waals surface area contributed by atoms with Crippen molar-refractivity contribution in [2.45, 2.75) is 46.5 Å². The summed E-state index contributed by atoms with van der Waals surface area (Å²) in [5.74, 6) is -0.267. The molecule has 0 aromatic heterocycles. The Labute approximate surface area is 127 Å². The van der Waals surface area contributed by atoms with Crippen molar-refractivity contribution in [2.24, 2.45) is 0 Å². The second-order valence-electron chi connectivity index (χ2n) is 6.25. The lowest BCUT2D eigenvalue weighted by atomic mass is 9.87. The maximum atomic E-state index is 11.8. The molecule has 0 aliphatic rings. The zero-order chi connectivity index (χ0) is 16.0. The molecule has 0 atom stereocenters. The number of nitrogens with zero attached hydrogens (tertiary/aromatic N) is 1. The Kier molecular flexibility index (Phi) is 5.94. The molecule has 0 aliphatic carbocycles. The fourth-order valence-corrected chi connectivity index (χ4v) is 1.99. The summed E-state index contributed by atoms with van der Waals surface area (Å²) in [5.41, 5.74) is 2.02. The van der Waals surface area contributed by atoms with Crippen LogP contribution in [-0.4, -0.2) is 24.9 Å². The van der Waals surface area contributed by atoms with Gasteiger partial charge in [-0.2, -0.15) is 0 Å². The summed E-state index contributed by atoms with van der Waals surface area (Å²) < 4.78 is 0. The number of hydrogen-bond acceptors (Lipinski definition) is 2. The van der Waals surface area contributed by atoms with E-state index in [0.29, 0.717) is 6.54 Å². The molecule has 2 amide bonds. The van der Waals surface area contributed by atoms with Crippen LogP contribution in [0.2, 0.25) is 0 Å². The van der Waals surface area contributed by atoms with Gasteiger partial charge in [-0.05, 0) is 29.5 Å². The van der Waals surface area contributed by atoms with Crippen molar-refractivity contribution in [3.8, 4) is 0 Å². The minimum Gasteiger partial charge on any atom is -0.355 e. The fourth-order valence-electron chi connectivity index (χ4n) is 1.99. The smallest absolute Gasteiger partial charge is 0.240 e. The maximum absolute atomic E-state index is 11.8. The quantitative estimate of drug-likeness (QED) is 0.906. The van der Waals surface area contributed by atoms with E-state index in [-0.39, 0.29) is 23.8 Å². The van der Waals surface area contributed by atoms with Gasteiger partial charge in [0.05, 0.1) is 0 Å². The van der Waals surface area contributed by atoms with Crippen LogP contribution >= 0.6 is 0 Å². The number of carbonyl (C=O) groups is 2. The molecule has 1 aromatic rings. The van der Waals surface area contributed by atoms with Gasteiger partial charge < -0.3 is 10.2 Å². The fraction of sp³-hybridized carbons (Fsp3) is 0.529. The first-order valence-corrected chi connectivity index (χ1v) is 7.41. The number of benzene rings is 1. The Morgan fingerprint density at radius 3 is 2.14 bits per heavy atom.